The summed E-state index contributed by atoms with van der Waals surface area (Å²) in [6.07, 6.45) is 1.44. The quantitative estimate of drug-likeness (QED) is 0.0593. The van der Waals surface area contributed by atoms with Crippen molar-refractivity contribution in [3.63, 3.8) is 0 Å². The molecule has 1 aliphatic rings. The van der Waals surface area contributed by atoms with Crippen molar-refractivity contribution in [3.8, 4) is 5.75 Å². The van der Waals surface area contributed by atoms with E-state index >= 15 is 0 Å². The van der Waals surface area contributed by atoms with Gasteiger partial charge in [-0.05, 0) is 53.1 Å². The lowest BCUT2D eigenvalue weighted by Crippen LogP contribution is -2.54. The van der Waals surface area contributed by atoms with Crippen molar-refractivity contribution >= 4 is 33.4 Å². The third-order valence-corrected chi connectivity index (χ3v) is 6.78. The summed E-state index contributed by atoms with van der Waals surface area (Å²) in [7, 11) is 0. The zero-order chi connectivity index (χ0) is 28.4. The van der Waals surface area contributed by atoms with E-state index in [2.05, 4.69) is 43.4 Å². The molecule has 1 aliphatic heterocycles. The lowest BCUT2D eigenvalue weighted by Gasteiger charge is -2.31. The second kappa shape index (κ2) is 13.8. The van der Waals surface area contributed by atoms with E-state index in [4.69, 9.17) is 25.1 Å². The van der Waals surface area contributed by atoms with E-state index in [1.54, 1.807) is 36.4 Å². The molecule has 1 amide bonds. The number of azide groups is 1. The first-order valence-corrected chi connectivity index (χ1v) is 13.4. The molecule has 0 aromatic heterocycles. The minimum Gasteiger partial charge on any atom is -0.494 e. The SMILES string of the molecule is C=CCNNC(=O)[C@@]1(Cc2ccccc2N=[N+]=[N-])N=C(c2ccc(OCCCO)cc2)O[C@H]1c1ccc(Br)cc1. The number of nitrogens with zero attached hydrogens (tertiary/aromatic N) is 4. The average Bonchev–Trinajstić information content (AvgIpc) is 3.35. The number of aliphatic imine (C=N–C) groups is 1. The zero-order valence-electron chi connectivity index (χ0n) is 21.7. The molecule has 10 nitrogen and oxygen atoms in total. The van der Waals surface area contributed by atoms with Crippen LogP contribution in [0.2, 0.25) is 0 Å². The van der Waals surface area contributed by atoms with Crippen molar-refractivity contribution < 1.29 is 19.4 Å². The van der Waals surface area contributed by atoms with Crippen LogP contribution in [0.1, 0.15) is 29.2 Å². The highest BCUT2D eigenvalue weighted by molar-refractivity contribution is 9.10. The fourth-order valence-electron chi connectivity index (χ4n) is 4.33. The molecular weight excluding hydrogens is 576 g/mol. The Hall–Kier alpha value is -4.15. The monoisotopic (exact) mass is 604 g/mol. The Labute approximate surface area is 240 Å². The van der Waals surface area contributed by atoms with Gasteiger partial charge in [0.1, 0.15) is 5.75 Å². The maximum atomic E-state index is 14.0. The average molecular weight is 605 g/mol. The van der Waals surface area contributed by atoms with Crippen LogP contribution < -0.4 is 15.6 Å². The second-order valence-electron chi connectivity index (χ2n) is 8.96. The third-order valence-electron chi connectivity index (χ3n) is 6.26. The van der Waals surface area contributed by atoms with Crippen molar-refractivity contribution in [1.29, 1.82) is 0 Å². The molecule has 0 saturated heterocycles. The number of hydrogen-bond acceptors (Lipinski definition) is 7. The Morgan fingerprint density at radius 1 is 1.20 bits per heavy atom. The third kappa shape index (κ3) is 6.70. The molecule has 4 rings (SSSR count). The number of hydrazine groups is 1. The number of aliphatic hydroxyl groups is 1. The molecule has 0 bridgehead atoms. The summed E-state index contributed by atoms with van der Waals surface area (Å²) in [5, 5.41) is 12.8. The number of ether oxygens (including phenoxy) is 2. The van der Waals surface area contributed by atoms with Crippen LogP contribution in [0.4, 0.5) is 5.69 Å². The van der Waals surface area contributed by atoms with Crippen molar-refractivity contribution in [3.05, 3.63) is 117 Å². The smallest absolute Gasteiger partial charge is 0.266 e. The van der Waals surface area contributed by atoms with Crippen molar-refractivity contribution in [2.75, 3.05) is 19.8 Å². The summed E-state index contributed by atoms with van der Waals surface area (Å²) in [5.74, 6) is 0.508. The lowest BCUT2D eigenvalue weighted by molar-refractivity contribution is -0.129. The number of nitrogens with one attached hydrogen (secondary N) is 2. The molecule has 0 aliphatic carbocycles. The van der Waals surface area contributed by atoms with Crippen LogP contribution in [0.25, 0.3) is 10.4 Å². The van der Waals surface area contributed by atoms with E-state index in [1.807, 2.05) is 42.5 Å². The largest absolute Gasteiger partial charge is 0.494 e. The highest BCUT2D eigenvalue weighted by Gasteiger charge is 2.53. The molecule has 0 fully saturated rings. The maximum absolute atomic E-state index is 14.0. The van der Waals surface area contributed by atoms with Gasteiger partial charge in [0.25, 0.3) is 5.91 Å². The molecule has 2 atom stereocenters. The molecule has 3 aromatic carbocycles. The van der Waals surface area contributed by atoms with E-state index in [9.17, 15) is 4.79 Å². The van der Waals surface area contributed by atoms with Gasteiger partial charge < -0.3 is 14.6 Å². The lowest BCUT2D eigenvalue weighted by atomic mass is 9.81. The van der Waals surface area contributed by atoms with Crippen molar-refractivity contribution in [2.24, 2.45) is 10.1 Å². The topological polar surface area (TPSA) is 141 Å². The van der Waals surface area contributed by atoms with E-state index in [1.165, 1.54) is 0 Å². The van der Waals surface area contributed by atoms with Crippen LogP contribution in [0.3, 0.4) is 0 Å². The summed E-state index contributed by atoms with van der Waals surface area (Å²) < 4.78 is 13.0. The van der Waals surface area contributed by atoms with Gasteiger partial charge in [0, 0.05) is 46.6 Å². The van der Waals surface area contributed by atoms with Crippen LogP contribution >= 0.6 is 15.9 Å². The van der Waals surface area contributed by atoms with Gasteiger partial charge in [0.15, 0.2) is 11.6 Å². The molecule has 3 N–H and O–H groups in total. The standard InChI is InChI=1S/C29H29BrN6O4/c1-2-16-32-35-28(38)29(19-22-6-3-4-7-25(22)34-36-31)26(20-8-12-23(30)13-9-20)40-27(33-29)21-10-14-24(15-11-21)39-18-5-17-37/h2-4,6-15,26,32,37H,1,5,16-19H2,(H,35,38)/t26-,29-/m0/s1. The Morgan fingerprint density at radius 2 is 1.95 bits per heavy atom. The van der Waals surface area contributed by atoms with Crippen LogP contribution in [0.5, 0.6) is 5.75 Å². The first-order valence-electron chi connectivity index (χ1n) is 12.6. The van der Waals surface area contributed by atoms with Gasteiger partial charge in [0.05, 0.1) is 6.61 Å². The molecular formula is C29H29BrN6O4. The number of hydrogen-bond donors (Lipinski definition) is 3. The number of benzene rings is 3. The van der Waals surface area contributed by atoms with Gasteiger partial charge >= 0.3 is 0 Å². The fourth-order valence-corrected chi connectivity index (χ4v) is 4.59. The number of halogens is 1. The first kappa shape index (κ1) is 28.8. The summed E-state index contributed by atoms with van der Waals surface area (Å²) in [6, 6.07) is 21.8. The minimum atomic E-state index is -1.46. The number of carbonyl (C=O) groups excluding carboxylic acids is 1. The van der Waals surface area contributed by atoms with Gasteiger partial charge in [-0.2, -0.15) is 0 Å². The van der Waals surface area contributed by atoms with Crippen LogP contribution in [0.15, 0.2) is 100 Å². The summed E-state index contributed by atoms with van der Waals surface area (Å²) in [4.78, 5) is 21.9. The van der Waals surface area contributed by atoms with E-state index < -0.39 is 17.6 Å². The van der Waals surface area contributed by atoms with Gasteiger partial charge in [-0.1, -0.05) is 63.5 Å². The Morgan fingerprint density at radius 3 is 2.65 bits per heavy atom. The highest BCUT2D eigenvalue weighted by atomic mass is 79.9. The Bertz CT molecular complexity index is 1410. The van der Waals surface area contributed by atoms with Crippen molar-refractivity contribution in [1.82, 2.24) is 10.9 Å². The van der Waals surface area contributed by atoms with Gasteiger partial charge in [-0.25, -0.2) is 10.4 Å². The predicted molar refractivity (Wildman–Crippen MR) is 156 cm³/mol. The van der Waals surface area contributed by atoms with E-state index in [0.29, 0.717) is 42.1 Å². The van der Waals surface area contributed by atoms with E-state index in [-0.39, 0.29) is 18.9 Å². The normalized spacial score (nSPS) is 17.8. The van der Waals surface area contributed by atoms with Crippen LogP contribution in [-0.4, -0.2) is 42.2 Å². The molecule has 0 radical (unpaired) electrons. The predicted octanol–water partition coefficient (Wildman–Crippen LogP) is 5.46. The highest BCUT2D eigenvalue weighted by Crippen LogP contribution is 2.43. The number of amides is 1. The number of aliphatic hydroxyl groups excluding tert-OH is 1. The fraction of sp³-hybridized carbons (Fsp3) is 0.241. The Kier molecular flexibility index (Phi) is 9.93. The van der Waals surface area contributed by atoms with Gasteiger partial charge in [-0.15, -0.1) is 6.58 Å². The molecule has 206 valence electrons. The molecule has 3 aromatic rings. The second-order valence-corrected chi connectivity index (χ2v) is 9.87. The number of rotatable bonds is 13. The molecule has 11 heteroatoms. The molecule has 1 heterocycles. The minimum absolute atomic E-state index is 0.0504. The first-order chi connectivity index (χ1) is 19.5. The van der Waals surface area contributed by atoms with Crippen LogP contribution in [-0.2, 0) is 16.0 Å². The molecule has 0 unspecified atom stereocenters. The summed E-state index contributed by atoms with van der Waals surface area (Å²) >= 11 is 3.47. The summed E-state index contributed by atoms with van der Waals surface area (Å²) in [5.41, 5.74) is 15.7. The molecule has 40 heavy (non-hydrogen) atoms. The maximum Gasteiger partial charge on any atom is 0.266 e. The van der Waals surface area contributed by atoms with Crippen LogP contribution in [0, 0.1) is 0 Å². The van der Waals surface area contributed by atoms with Gasteiger partial charge in [-0.3, -0.25) is 10.2 Å². The molecule has 0 saturated carbocycles. The zero-order valence-corrected chi connectivity index (χ0v) is 23.3. The van der Waals surface area contributed by atoms with Crippen molar-refractivity contribution in [2.45, 2.75) is 24.5 Å². The Balaban J connectivity index is 1.81. The number of carbonyl (C=O) groups is 1. The van der Waals surface area contributed by atoms with Gasteiger partial charge in [0.2, 0.25) is 5.90 Å². The summed E-state index contributed by atoms with van der Waals surface area (Å²) in [6.45, 7) is 4.47. The molecule has 0 spiro atoms. The van der Waals surface area contributed by atoms with E-state index in [0.717, 1.165) is 10.0 Å².